The lowest BCUT2D eigenvalue weighted by Gasteiger charge is -2.12. The summed E-state index contributed by atoms with van der Waals surface area (Å²) in [6.45, 7) is 2.67. The molecule has 0 heterocycles. The molecule has 1 unspecified atom stereocenters. The second-order valence-electron chi connectivity index (χ2n) is 3.00. The molecule has 0 spiro atoms. The summed E-state index contributed by atoms with van der Waals surface area (Å²) in [5, 5.41) is 19.2. The van der Waals surface area contributed by atoms with Gasteiger partial charge < -0.3 is 20.3 Å². The minimum Gasteiger partial charge on any atom is -0.480 e. The molecule has 0 aromatic carbocycles. The fourth-order valence-electron chi connectivity index (χ4n) is 0.664. The number of aliphatic hydroxyl groups excluding tert-OH is 1. The molecular formula is C8H15NO5. The van der Waals surface area contributed by atoms with Crippen LogP contribution < -0.4 is 5.32 Å². The summed E-state index contributed by atoms with van der Waals surface area (Å²) in [6, 6.07) is -1.27. The van der Waals surface area contributed by atoms with Crippen molar-refractivity contribution in [1.29, 1.82) is 0 Å². The average molecular weight is 205 g/mol. The van der Waals surface area contributed by atoms with Crippen LogP contribution in [0.1, 0.15) is 13.8 Å². The van der Waals surface area contributed by atoms with Crippen molar-refractivity contribution in [2.45, 2.75) is 26.0 Å². The molecule has 0 aromatic rings. The number of rotatable bonds is 6. The van der Waals surface area contributed by atoms with E-state index in [9.17, 15) is 9.59 Å². The lowest BCUT2D eigenvalue weighted by molar-refractivity contribution is -0.143. The lowest BCUT2D eigenvalue weighted by atomic mass is 10.3. The van der Waals surface area contributed by atoms with E-state index < -0.39 is 24.5 Å². The molecule has 6 nitrogen and oxygen atoms in total. The van der Waals surface area contributed by atoms with Crippen molar-refractivity contribution in [3.63, 3.8) is 0 Å². The molecule has 0 saturated carbocycles. The van der Waals surface area contributed by atoms with Crippen LogP contribution in [0.15, 0.2) is 0 Å². The molecule has 0 saturated heterocycles. The Kier molecular flexibility index (Phi) is 5.82. The van der Waals surface area contributed by atoms with Crippen molar-refractivity contribution in [3.8, 4) is 0 Å². The highest BCUT2D eigenvalue weighted by molar-refractivity contribution is 5.84. The highest BCUT2D eigenvalue weighted by atomic mass is 16.5. The topological polar surface area (TPSA) is 95.9 Å². The Balaban J connectivity index is 3.85. The zero-order valence-electron chi connectivity index (χ0n) is 8.19. The molecular weight excluding hydrogens is 190 g/mol. The van der Waals surface area contributed by atoms with Crippen molar-refractivity contribution >= 4 is 11.9 Å². The predicted molar refractivity (Wildman–Crippen MR) is 47.7 cm³/mol. The van der Waals surface area contributed by atoms with Crippen molar-refractivity contribution in [1.82, 2.24) is 5.32 Å². The summed E-state index contributed by atoms with van der Waals surface area (Å²) in [6.07, 6.45) is -0.0989. The number of carboxylic acids is 1. The summed E-state index contributed by atoms with van der Waals surface area (Å²) >= 11 is 0. The summed E-state index contributed by atoms with van der Waals surface area (Å²) in [4.78, 5) is 21.4. The predicted octanol–water partition coefficient (Wildman–Crippen LogP) is -1.03. The molecule has 1 atom stereocenters. The van der Waals surface area contributed by atoms with Crippen LogP contribution >= 0.6 is 0 Å². The van der Waals surface area contributed by atoms with Gasteiger partial charge in [-0.25, -0.2) is 4.79 Å². The smallest absolute Gasteiger partial charge is 0.328 e. The number of nitrogens with one attached hydrogen (secondary N) is 1. The fourth-order valence-corrected chi connectivity index (χ4v) is 0.664. The van der Waals surface area contributed by atoms with Gasteiger partial charge in [-0.15, -0.1) is 0 Å². The van der Waals surface area contributed by atoms with E-state index >= 15 is 0 Å². The Bertz CT molecular complexity index is 204. The van der Waals surface area contributed by atoms with Gasteiger partial charge in [0.2, 0.25) is 5.91 Å². The average Bonchev–Trinajstić information content (AvgIpc) is 2.10. The molecule has 0 fully saturated rings. The summed E-state index contributed by atoms with van der Waals surface area (Å²) in [5.41, 5.74) is 0. The molecule has 0 rings (SSSR count). The molecule has 0 aliphatic heterocycles. The Morgan fingerprint density at radius 1 is 1.43 bits per heavy atom. The number of hydrogen-bond donors (Lipinski definition) is 3. The van der Waals surface area contributed by atoms with E-state index in [1.165, 1.54) is 0 Å². The first-order valence-electron chi connectivity index (χ1n) is 4.22. The first-order valence-corrected chi connectivity index (χ1v) is 4.22. The quantitative estimate of drug-likeness (QED) is 0.515. The van der Waals surface area contributed by atoms with Gasteiger partial charge in [0.15, 0.2) is 0 Å². The number of carboxylic acid groups (broad SMARTS) is 1. The maximum atomic E-state index is 11.0. The van der Waals surface area contributed by atoms with Gasteiger partial charge in [-0.2, -0.15) is 0 Å². The Hall–Kier alpha value is -1.14. The van der Waals surface area contributed by atoms with Gasteiger partial charge in [-0.3, -0.25) is 4.79 Å². The largest absolute Gasteiger partial charge is 0.480 e. The van der Waals surface area contributed by atoms with E-state index in [-0.39, 0.29) is 12.7 Å². The van der Waals surface area contributed by atoms with Crippen molar-refractivity contribution in [2.24, 2.45) is 0 Å². The Labute approximate surface area is 81.9 Å². The van der Waals surface area contributed by atoms with E-state index in [4.69, 9.17) is 14.9 Å². The van der Waals surface area contributed by atoms with Crippen LogP contribution in [0.4, 0.5) is 0 Å². The van der Waals surface area contributed by atoms with Crippen LogP contribution in [0.3, 0.4) is 0 Å². The number of carbonyl (C=O) groups excluding carboxylic acids is 1. The number of carbonyl (C=O) groups is 2. The van der Waals surface area contributed by atoms with Crippen LogP contribution in [0, 0.1) is 0 Å². The third-order valence-corrected chi connectivity index (χ3v) is 1.36. The summed E-state index contributed by atoms with van der Waals surface area (Å²) in [7, 11) is 0. The zero-order chi connectivity index (χ0) is 11.1. The Morgan fingerprint density at radius 3 is 2.36 bits per heavy atom. The van der Waals surface area contributed by atoms with E-state index in [0.29, 0.717) is 0 Å². The Morgan fingerprint density at radius 2 is 2.00 bits per heavy atom. The van der Waals surface area contributed by atoms with Crippen LogP contribution in [0.25, 0.3) is 0 Å². The van der Waals surface area contributed by atoms with Gasteiger partial charge in [0.25, 0.3) is 0 Å². The lowest BCUT2D eigenvalue weighted by Crippen LogP contribution is -2.45. The second-order valence-corrected chi connectivity index (χ2v) is 3.00. The first-order chi connectivity index (χ1) is 6.47. The minimum atomic E-state index is -1.27. The minimum absolute atomic E-state index is 0.0989. The monoisotopic (exact) mass is 205 g/mol. The standard InChI is InChI=1S/C8H15NO5/c1-5(2)14-4-7(11)9-6(3-10)8(12)13/h5-6,10H,3-4H2,1-2H3,(H,9,11)(H,12,13). The molecule has 3 N–H and O–H groups in total. The second kappa shape index (κ2) is 6.33. The van der Waals surface area contributed by atoms with Crippen LogP contribution in [-0.2, 0) is 14.3 Å². The number of ether oxygens (including phenoxy) is 1. The fraction of sp³-hybridized carbons (Fsp3) is 0.750. The molecule has 82 valence electrons. The van der Waals surface area contributed by atoms with Crippen LogP contribution in [0.5, 0.6) is 0 Å². The number of aliphatic carboxylic acids is 1. The van der Waals surface area contributed by atoms with E-state index in [2.05, 4.69) is 5.32 Å². The van der Waals surface area contributed by atoms with Crippen LogP contribution in [-0.4, -0.2) is 47.4 Å². The van der Waals surface area contributed by atoms with E-state index in [1.807, 2.05) is 0 Å². The molecule has 0 aliphatic rings. The molecule has 0 aliphatic carbocycles. The maximum absolute atomic E-state index is 11.0. The highest BCUT2D eigenvalue weighted by Crippen LogP contribution is 1.88. The number of aliphatic hydroxyl groups is 1. The third-order valence-electron chi connectivity index (χ3n) is 1.36. The number of amides is 1. The third kappa shape index (κ3) is 5.50. The molecule has 6 heteroatoms. The van der Waals surface area contributed by atoms with Crippen LogP contribution in [0.2, 0.25) is 0 Å². The number of hydrogen-bond acceptors (Lipinski definition) is 4. The van der Waals surface area contributed by atoms with Gasteiger partial charge in [0, 0.05) is 0 Å². The normalized spacial score (nSPS) is 12.6. The first kappa shape index (κ1) is 12.9. The van der Waals surface area contributed by atoms with Crippen molar-refractivity contribution in [2.75, 3.05) is 13.2 Å². The SMILES string of the molecule is CC(C)OCC(=O)NC(CO)C(=O)O. The summed E-state index contributed by atoms with van der Waals surface area (Å²) in [5.74, 6) is -1.83. The van der Waals surface area contributed by atoms with Crippen molar-refractivity contribution in [3.05, 3.63) is 0 Å². The van der Waals surface area contributed by atoms with Gasteiger partial charge in [0.05, 0.1) is 12.7 Å². The van der Waals surface area contributed by atoms with Gasteiger partial charge >= 0.3 is 5.97 Å². The van der Waals surface area contributed by atoms with E-state index in [0.717, 1.165) is 0 Å². The zero-order valence-corrected chi connectivity index (χ0v) is 8.19. The van der Waals surface area contributed by atoms with Gasteiger partial charge in [-0.05, 0) is 13.8 Å². The molecule has 1 amide bonds. The van der Waals surface area contributed by atoms with Crippen molar-refractivity contribution < 1.29 is 24.5 Å². The molecule has 14 heavy (non-hydrogen) atoms. The molecule has 0 radical (unpaired) electrons. The van der Waals surface area contributed by atoms with Gasteiger partial charge in [0.1, 0.15) is 12.6 Å². The van der Waals surface area contributed by atoms with E-state index in [1.54, 1.807) is 13.8 Å². The molecule has 0 aromatic heterocycles. The van der Waals surface area contributed by atoms with Gasteiger partial charge in [-0.1, -0.05) is 0 Å². The maximum Gasteiger partial charge on any atom is 0.328 e. The highest BCUT2D eigenvalue weighted by Gasteiger charge is 2.18. The molecule has 0 bridgehead atoms. The summed E-state index contributed by atoms with van der Waals surface area (Å²) < 4.78 is 4.94.